The zero-order valence-corrected chi connectivity index (χ0v) is 9.56. The highest BCUT2D eigenvalue weighted by Gasteiger charge is 2.38. The summed E-state index contributed by atoms with van der Waals surface area (Å²) in [7, 11) is 5.28. The van der Waals surface area contributed by atoms with Crippen LogP contribution in [0.5, 0.6) is 0 Å². The molecule has 0 aromatic heterocycles. The lowest BCUT2D eigenvalue weighted by Crippen LogP contribution is -2.41. The Bertz CT molecular complexity index is 301. The maximum absolute atomic E-state index is 12.0. The maximum Gasteiger partial charge on any atom is 0.274 e. The van der Waals surface area contributed by atoms with Gasteiger partial charge in [0.05, 0.1) is 7.11 Å². The highest BCUT2D eigenvalue weighted by atomic mass is 16.7. The summed E-state index contributed by atoms with van der Waals surface area (Å²) in [6.07, 6.45) is 5.37. The molecule has 0 radical (unpaired) electrons. The maximum atomic E-state index is 12.0. The van der Waals surface area contributed by atoms with Gasteiger partial charge in [0.2, 0.25) is 0 Å². The van der Waals surface area contributed by atoms with Crippen molar-refractivity contribution >= 4 is 5.91 Å². The monoisotopic (exact) mass is 210 g/mol. The van der Waals surface area contributed by atoms with E-state index in [1.54, 1.807) is 7.05 Å². The van der Waals surface area contributed by atoms with Crippen LogP contribution in [-0.2, 0) is 9.63 Å². The molecule has 2 atom stereocenters. The Kier molecular flexibility index (Phi) is 2.80. The van der Waals surface area contributed by atoms with Crippen molar-refractivity contribution in [1.29, 1.82) is 0 Å². The fourth-order valence-electron chi connectivity index (χ4n) is 2.56. The van der Waals surface area contributed by atoms with Crippen LogP contribution in [0.3, 0.4) is 0 Å². The Morgan fingerprint density at radius 3 is 3.00 bits per heavy atom. The number of carbonyl (C=O) groups excluding carboxylic acids is 1. The fourth-order valence-corrected chi connectivity index (χ4v) is 2.56. The molecule has 2 bridgehead atoms. The molecule has 0 N–H and O–H groups in total. The summed E-state index contributed by atoms with van der Waals surface area (Å²) in [4.78, 5) is 19.2. The molecular weight excluding hydrogens is 192 g/mol. The van der Waals surface area contributed by atoms with Gasteiger partial charge >= 0.3 is 0 Å². The number of fused-ring (bicyclic) bond motifs is 2. The van der Waals surface area contributed by atoms with Crippen molar-refractivity contribution in [2.75, 3.05) is 21.2 Å². The second-order valence-electron chi connectivity index (χ2n) is 4.29. The van der Waals surface area contributed by atoms with Crippen LogP contribution in [0, 0.1) is 0 Å². The van der Waals surface area contributed by atoms with E-state index in [0.29, 0.717) is 12.1 Å². The summed E-state index contributed by atoms with van der Waals surface area (Å²) < 4.78 is 0. The summed E-state index contributed by atoms with van der Waals surface area (Å²) in [5.41, 5.74) is 0.899. The molecular formula is C11H18N2O2. The molecule has 0 saturated carbocycles. The Morgan fingerprint density at radius 2 is 2.33 bits per heavy atom. The minimum Gasteiger partial charge on any atom is -0.296 e. The number of likely N-dealkylation sites (N-methyl/N-ethyl adjacent to an activating group) is 2. The molecule has 0 aromatic rings. The van der Waals surface area contributed by atoms with Crippen molar-refractivity contribution in [3.8, 4) is 0 Å². The van der Waals surface area contributed by atoms with Gasteiger partial charge in [-0.3, -0.25) is 14.5 Å². The predicted octanol–water partition coefficient (Wildman–Crippen LogP) is 0.799. The Morgan fingerprint density at radius 1 is 1.60 bits per heavy atom. The molecule has 4 heteroatoms. The lowest BCUT2D eigenvalue weighted by Gasteiger charge is -2.32. The van der Waals surface area contributed by atoms with E-state index in [-0.39, 0.29) is 5.91 Å². The lowest BCUT2D eigenvalue weighted by atomic mass is 10.0. The quantitative estimate of drug-likeness (QED) is 0.632. The van der Waals surface area contributed by atoms with E-state index in [1.165, 1.54) is 18.6 Å². The van der Waals surface area contributed by atoms with Gasteiger partial charge in [-0.1, -0.05) is 6.08 Å². The van der Waals surface area contributed by atoms with Gasteiger partial charge in [0.15, 0.2) is 0 Å². The number of rotatable bonds is 2. The topological polar surface area (TPSA) is 32.8 Å². The van der Waals surface area contributed by atoms with Gasteiger partial charge < -0.3 is 0 Å². The first-order chi connectivity index (χ1) is 7.15. The van der Waals surface area contributed by atoms with E-state index >= 15 is 0 Å². The van der Waals surface area contributed by atoms with Crippen LogP contribution in [0.4, 0.5) is 0 Å². The first-order valence-corrected chi connectivity index (χ1v) is 5.39. The first-order valence-electron chi connectivity index (χ1n) is 5.39. The SMILES string of the molecule is CON(C)C(=O)C1=CC[C@H]2CC[C@@H]1N2C. The molecule has 0 unspecified atom stereocenters. The van der Waals surface area contributed by atoms with Gasteiger partial charge in [-0.05, 0) is 26.3 Å². The number of hydrogen-bond acceptors (Lipinski definition) is 3. The third-order valence-electron chi connectivity index (χ3n) is 3.62. The number of amides is 1. The fraction of sp³-hybridized carbons (Fsp3) is 0.727. The molecule has 15 heavy (non-hydrogen) atoms. The average Bonchev–Trinajstić information content (AvgIpc) is 2.51. The van der Waals surface area contributed by atoms with Gasteiger partial charge in [0.1, 0.15) is 0 Å². The van der Waals surface area contributed by atoms with E-state index in [4.69, 9.17) is 4.84 Å². The van der Waals surface area contributed by atoms with Crippen molar-refractivity contribution < 1.29 is 9.63 Å². The molecule has 0 aromatic carbocycles. The lowest BCUT2D eigenvalue weighted by molar-refractivity contribution is -0.164. The van der Waals surface area contributed by atoms with Gasteiger partial charge in [-0.2, -0.15) is 0 Å². The highest BCUT2D eigenvalue weighted by molar-refractivity contribution is 5.94. The molecule has 1 saturated heterocycles. The number of nitrogens with zero attached hydrogens (tertiary/aromatic N) is 2. The minimum absolute atomic E-state index is 0.00491. The van der Waals surface area contributed by atoms with E-state index in [0.717, 1.165) is 18.4 Å². The summed E-state index contributed by atoms with van der Waals surface area (Å²) in [6.45, 7) is 0. The van der Waals surface area contributed by atoms with E-state index in [2.05, 4.69) is 18.0 Å². The Labute approximate surface area is 90.4 Å². The van der Waals surface area contributed by atoms with Crippen LogP contribution < -0.4 is 0 Å². The molecule has 2 rings (SSSR count). The Hall–Kier alpha value is -0.870. The molecule has 1 fully saturated rings. The smallest absolute Gasteiger partial charge is 0.274 e. The largest absolute Gasteiger partial charge is 0.296 e. The van der Waals surface area contributed by atoms with E-state index in [9.17, 15) is 4.79 Å². The zero-order chi connectivity index (χ0) is 11.0. The van der Waals surface area contributed by atoms with Crippen molar-refractivity contribution in [2.45, 2.75) is 31.3 Å². The molecule has 2 aliphatic rings. The van der Waals surface area contributed by atoms with Crippen LogP contribution in [0.2, 0.25) is 0 Å². The van der Waals surface area contributed by atoms with Crippen molar-refractivity contribution in [1.82, 2.24) is 9.96 Å². The molecule has 1 amide bonds. The number of hydroxylamine groups is 2. The molecule has 4 nitrogen and oxygen atoms in total. The zero-order valence-electron chi connectivity index (χ0n) is 9.56. The van der Waals surface area contributed by atoms with Crippen molar-refractivity contribution in [3.63, 3.8) is 0 Å². The molecule has 84 valence electrons. The Balaban J connectivity index is 2.16. The number of hydrogen-bond donors (Lipinski definition) is 0. The summed E-state index contributed by atoms with van der Waals surface area (Å²) in [5, 5.41) is 1.30. The third kappa shape index (κ3) is 1.68. The second kappa shape index (κ2) is 3.94. The van der Waals surface area contributed by atoms with Gasteiger partial charge in [-0.25, -0.2) is 5.06 Å². The van der Waals surface area contributed by atoms with Crippen LogP contribution in [0.15, 0.2) is 11.6 Å². The first kappa shape index (κ1) is 10.6. The van der Waals surface area contributed by atoms with Gasteiger partial charge in [-0.15, -0.1) is 0 Å². The highest BCUT2D eigenvalue weighted by Crippen LogP contribution is 2.34. The van der Waals surface area contributed by atoms with E-state index in [1.807, 2.05) is 0 Å². The minimum atomic E-state index is -0.00491. The molecule has 0 aliphatic carbocycles. The van der Waals surface area contributed by atoms with Crippen LogP contribution >= 0.6 is 0 Å². The molecule has 2 heterocycles. The molecule has 2 aliphatic heterocycles. The average molecular weight is 210 g/mol. The van der Waals surface area contributed by atoms with Gasteiger partial charge in [0, 0.05) is 24.7 Å². The third-order valence-corrected chi connectivity index (χ3v) is 3.62. The summed E-state index contributed by atoms with van der Waals surface area (Å²) >= 11 is 0. The van der Waals surface area contributed by atoms with Gasteiger partial charge in [0.25, 0.3) is 5.91 Å². The van der Waals surface area contributed by atoms with Crippen LogP contribution in [-0.4, -0.2) is 49.2 Å². The predicted molar refractivity (Wildman–Crippen MR) is 57.1 cm³/mol. The summed E-state index contributed by atoms with van der Waals surface area (Å²) in [5.74, 6) is -0.00491. The van der Waals surface area contributed by atoms with E-state index < -0.39 is 0 Å². The van der Waals surface area contributed by atoms with Crippen molar-refractivity contribution in [3.05, 3.63) is 11.6 Å². The second-order valence-corrected chi connectivity index (χ2v) is 4.29. The molecule has 0 spiro atoms. The van der Waals surface area contributed by atoms with Crippen LogP contribution in [0.1, 0.15) is 19.3 Å². The normalized spacial score (nSPS) is 30.2. The standard InChI is InChI=1S/C11H18N2O2/c1-12-8-4-6-9(10(12)7-5-8)11(14)13(2)15-3/h6,8,10H,4-5,7H2,1-3H3/t8-,10-/m0/s1. The summed E-state index contributed by atoms with van der Waals surface area (Å²) in [6, 6.07) is 0.938. The number of carbonyl (C=O) groups is 1. The van der Waals surface area contributed by atoms with Crippen LogP contribution in [0.25, 0.3) is 0 Å². The van der Waals surface area contributed by atoms with Crippen molar-refractivity contribution in [2.24, 2.45) is 0 Å².